The van der Waals surface area contributed by atoms with E-state index in [2.05, 4.69) is 4.74 Å². The molecule has 1 rings (SSSR count). The molecule has 18 heavy (non-hydrogen) atoms. The second kappa shape index (κ2) is 5.04. The molecule has 0 spiro atoms. The van der Waals surface area contributed by atoms with Crippen LogP contribution >= 0.6 is 0 Å². The summed E-state index contributed by atoms with van der Waals surface area (Å²) in [6.07, 6.45) is -4.86. The molecule has 0 saturated heterocycles. The molecule has 0 bridgehead atoms. The number of esters is 1. The van der Waals surface area contributed by atoms with Crippen LogP contribution in [0.25, 0.3) is 0 Å². The minimum Gasteiger partial charge on any atom is -0.468 e. The summed E-state index contributed by atoms with van der Waals surface area (Å²) in [5.41, 5.74) is -2.38. The van der Waals surface area contributed by atoms with Crippen molar-refractivity contribution >= 4 is 5.97 Å². The van der Waals surface area contributed by atoms with Crippen molar-refractivity contribution in [3.8, 4) is 6.07 Å². The minimum atomic E-state index is -4.86. The smallest absolute Gasteiger partial charge is 0.416 e. The number of rotatable bonds is 2. The van der Waals surface area contributed by atoms with Gasteiger partial charge in [0.2, 0.25) is 0 Å². The van der Waals surface area contributed by atoms with Gasteiger partial charge >= 0.3 is 12.1 Å². The number of benzene rings is 1. The molecule has 1 unspecified atom stereocenters. The number of carbonyl (C=O) groups is 1. The normalized spacial score (nSPS) is 12.7. The Labute approximate surface area is 99.6 Å². The number of nitrogens with zero attached hydrogens (tertiary/aromatic N) is 1. The van der Waals surface area contributed by atoms with Crippen LogP contribution in [0.3, 0.4) is 0 Å². The third-order valence-electron chi connectivity index (χ3n) is 2.21. The van der Waals surface area contributed by atoms with Crippen LogP contribution in [0.4, 0.5) is 17.6 Å². The number of carbonyl (C=O) groups excluding carboxylic acids is 1. The zero-order valence-corrected chi connectivity index (χ0v) is 9.08. The van der Waals surface area contributed by atoms with Crippen molar-refractivity contribution in [2.24, 2.45) is 0 Å². The zero-order chi connectivity index (χ0) is 13.9. The SMILES string of the molecule is COC(=O)C(C#N)c1c(F)cccc1C(F)(F)F. The highest BCUT2D eigenvalue weighted by Crippen LogP contribution is 2.36. The first kappa shape index (κ1) is 14.0. The summed E-state index contributed by atoms with van der Waals surface area (Å²) in [6.45, 7) is 0. The van der Waals surface area contributed by atoms with Gasteiger partial charge in [-0.2, -0.15) is 18.4 Å². The van der Waals surface area contributed by atoms with Gasteiger partial charge in [-0.25, -0.2) is 4.39 Å². The number of halogens is 4. The van der Waals surface area contributed by atoms with Crippen LogP contribution in [-0.2, 0) is 15.7 Å². The lowest BCUT2D eigenvalue weighted by Crippen LogP contribution is -2.19. The maximum Gasteiger partial charge on any atom is 0.416 e. The van der Waals surface area contributed by atoms with Crippen molar-refractivity contribution in [1.82, 2.24) is 0 Å². The molecule has 3 nitrogen and oxygen atoms in total. The fraction of sp³-hybridized carbons (Fsp3) is 0.273. The van der Waals surface area contributed by atoms with E-state index in [4.69, 9.17) is 5.26 Å². The van der Waals surface area contributed by atoms with Crippen molar-refractivity contribution in [3.05, 3.63) is 35.1 Å². The summed E-state index contributed by atoms with van der Waals surface area (Å²) in [4.78, 5) is 11.2. The van der Waals surface area contributed by atoms with Crippen molar-refractivity contribution in [2.75, 3.05) is 7.11 Å². The van der Waals surface area contributed by atoms with Gasteiger partial charge in [-0.3, -0.25) is 4.79 Å². The first-order chi connectivity index (χ1) is 8.32. The summed E-state index contributed by atoms with van der Waals surface area (Å²) in [7, 11) is 0.904. The molecule has 0 heterocycles. The lowest BCUT2D eigenvalue weighted by Gasteiger charge is -2.15. The van der Waals surface area contributed by atoms with Crippen molar-refractivity contribution in [3.63, 3.8) is 0 Å². The summed E-state index contributed by atoms with van der Waals surface area (Å²) >= 11 is 0. The van der Waals surface area contributed by atoms with Gasteiger partial charge in [0.15, 0.2) is 5.92 Å². The van der Waals surface area contributed by atoms with Gasteiger partial charge in [0, 0.05) is 5.56 Å². The molecule has 0 amide bonds. The molecule has 0 aliphatic rings. The molecule has 1 atom stereocenters. The molecule has 1 aromatic rings. The first-order valence-corrected chi connectivity index (χ1v) is 4.66. The highest BCUT2D eigenvalue weighted by Gasteiger charge is 2.39. The van der Waals surface area contributed by atoms with Gasteiger partial charge < -0.3 is 4.74 Å². The van der Waals surface area contributed by atoms with E-state index in [-0.39, 0.29) is 0 Å². The highest BCUT2D eigenvalue weighted by molar-refractivity contribution is 5.81. The Morgan fingerprint density at radius 2 is 2.06 bits per heavy atom. The number of nitriles is 1. The van der Waals surface area contributed by atoms with Crippen LogP contribution in [-0.4, -0.2) is 13.1 Å². The summed E-state index contributed by atoms with van der Waals surface area (Å²) in [5, 5.41) is 8.71. The van der Waals surface area contributed by atoms with Gasteiger partial charge in [-0.05, 0) is 12.1 Å². The quantitative estimate of drug-likeness (QED) is 0.607. The van der Waals surface area contributed by atoms with Gasteiger partial charge in [0.1, 0.15) is 5.82 Å². The predicted molar refractivity (Wildman–Crippen MR) is 51.8 cm³/mol. The third-order valence-corrected chi connectivity index (χ3v) is 2.21. The number of ether oxygens (including phenoxy) is 1. The fourth-order valence-corrected chi connectivity index (χ4v) is 1.43. The second-order valence-corrected chi connectivity index (χ2v) is 3.28. The van der Waals surface area contributed by atoms with Crippen molar-refractivity contribution < 1.29 is 27.1 Å². The molecule has 0 saturated carbocycles. The maximum atomic E-state index is 13.5. The Hall–Kier alpha value is -2.10. The number of hydrogen-bond acceptors (Lipinski definition) is 3. The van der Waals surface area contributed by atoms with Crippen LogP contribution in [0.2, 0.25) is 0 Å². The molecule has 0 N–H and O–H groups in total. The lowest BCUT2D eigenvalue weighted by atomic mass is 9.94. The van der Waals surface area contributed by atoms with E-state index in [1.165, 1.54) is 6.07 Å². The molecule has 0 aromatic heterocycles. The van der Waals surface area contributed by atoms with Crippen molar-refractivity contribution in [1.29, 1.82) is 5.26 Å². The van der Waals surface area contributed by atoms with Crippen LogP contribution in [0.15, 0.2) is 18.2 Å². The Morgan fingerprint density at radius 1 is 1.44 bits per heavy atom. The Morgan fingerprint density at radius 3 is 2.50 bits per heavy atom. The zero-order valence-electron chi connectivity index (χ0n) is 9.08. The maximum absolute atomic E-state index is 13.5. The molecule has 0 aliphatic carbocycles. The van der Waals surface area contributed by atoms with E-state index >= 15 is 0 Å². The number of hydrogen-bond donors (Lipinski definition) is 0. The number of alkyl halides is 3. The molecular weight excluding hydrogens is 254 g/mol. The standard InChI is InChI=1S/C11H7F4NO2/c1-18-10(17)6(5-16)9-7(11(13,14)15)3-2-4-8(9)12/h2-4,6H,1H3. The monoisotopic (exact) mass is 261 g/mol. The minimum absolute atomic E-state index is 0.603. The molecule has 96 valence electrons. The van der Waals surface area contributed by atoms with Gasteiger partial charge in [-0.1, -0.05) is 6.07 Å². The summed E-state index contributed by atoms with van der Waals surface area (Å²) < 4.78 is 55.6. The summed E-state index contributed by atoms with van der Waals surface area (Å²) in [6, 6.07) is 3.51. The van der Waals surface area contributed by atoms with Gasteiger partial charge in [0.05, 0.1) is 18.7 Å². The van der Waals surface area contributed by atoms with E-state index in [9.17, 15) is 22.4 Å². The van der Waals surface area contributed by atoms with Crippen LogP contribution in [0.5, 0.6) is 0 Å². The van der Waals surface area contributed by atoms with Crippen LogP contribution in [0.1, 0.15) is 17.0 Å². The van der Waals surface area contributed by atoms with E-state index in [1.54, 1.807) is 0 Å². The average molecular weight is 261 g/mol. The Bertz CT molecular complexity index is 505. The molecule has 7 heteroatoms. The Kier molecular flexibility index (Phi) is 3.91. The molecule has 0 aliphatic heterocycles. The lowest BCUT2D eigenvalue weighted by molar-refractivity contribution is -0.142. The molecule has 0 fully saturated rings. The first-order valence-electron chi connectivity index (χ1n) is 4.66. The second-order valence-electron chi connectivity index (χ2n) is 3.28. The predicted octanol–water partition coefficient (Wildman–Crippen LogP) is 2.62. The molecule has 0 radical (unpaired) electrons. The van der Waals surface area contributed by atoms with Crippen molar-refractivity contribution in [2.45, 2.75) is 12.1 Å². The van der Waals surface area contributed by atoms with Gasteiger partial charge in [0.25, 0.3) is 0 Å². The molecular formula is C11H7F4NO2. The van der Waals surface area contributed by atoms with E-state index in [0.29, 0.717) is 6.07 Å². The van der Waals surface area contributed by atoms with Gasteiger partial charge in [-0.15, -0.1) is 0 Å². The highest BCUT2D eigenvalue weighted by atomic mass is 19.4. The topological polar surface area (TPSA) is 50.1 Å². The summed E-state index contributed by atoms with van der Waals surface area (Å²) in [5.74, 6) is -4.47. The van der Waals surface area contributed by atoms with E-state index < -0.39 is 35.0 Å². The van der Waals surface area contributed by atoms with E-state index in [1.807, 2.05) is 0 Å². The van der Waals surface area contributed by atoms with Crippen LogP contribution in [0, 0.1) is 17.1 Å². The fourth-order valence-electron chi connectivity index (χ4n) is 1.43. The average Bonchev–Trinajstić information content (AvgIpc) is 2.30. The Balaban J connectivity index is 3.48. The number of methoxy groups -OCH3 is 1. The largest absolute Gasteiger partial charge is 0.468 e. The van der Waals surface area contributed by atoms with E-state index in [0.717, 1.165) is 19.2 Å². The molecule has 1 aromatic carbocycles. The van der Waals surface area contributed by atoms with Crippen LogP contribution < -0.4 is 0 Å². The third kappa shape index (κ3) is 2.59.